The average molecular weight is 284 g/mol. The number of rotatable bonds is 2. The number of benzene rings is 1. The number of pyridine rings is 1. The zero-order chi connectivity index (χ0) is 15.1. The Balaban J connectivity index is 2.22. The second-order valence-corrected chi connectivity index (χ2v) is 5.35. The van der Waals surface area contributed by atoms with E-state index in [1.54, 1.807) is 6.07 Å². The Bertz CT molecular complexity index is 921. The van der Waals surface area contributed by atoms with Crippen LogP contribution in [0.15, 0.2) is 38.4 Å². The molecule has 21 heavy (non-hydrogen) atoms. The van der Waals surface area contributed by atoms with Crippen LogP contribution in [0, 0.1) is 20.8 Å². The number of hydrogen-bond acceptors (Lipinski definition) is 3. The zero-order valence-electron chi connectivity index (χ0n) is 12.2. The van der Waals surface area contributed by atoms with E-state index < -0.39 is 5.76 Å². The van der Waals surface area contributed by atoms with Gasteiger partial charge in [0.2, 0.25) is 0 Å². The summed E-state index contributed by atoms with van der Waals surface area (Å²) in [6.45, 7) is 6.38. The van der Waals surface area contributed by atoms with Crippen LogP contribution in [-0.4, -0.2) is 9.55 Å². The van der Waals surface area contributed by atoms with Gasteiger partial charge in [0.15, 0.2) is 11.1 Å². The molecule has 3 aromatic rings. The molecule has 0 radical (unpaired) electrons. The van der Waals surface area contributed by atoms with E-state index in [0.717, 1.165) is 16.7 Å². The van der Waals surface area contributed by atoms with Crippen molar-refractivity contribution in [1.29, 1.82) is 0 Å². The molecule has 0 saturated carbocycles. The molecular formula is C16H16N2O3. The number of aromatic nitrogens is 2. The number of fused-ring (bicyclic) bond motifs is 1. The third-order valence-electron chi connectivity index (χ3n) is 3.74. The van der Waals surface area contributed by atoms with Crippen LogP contribution in [0.5, 0.6) is 0 Å². The molecule has 0 spiro atoms. The van der Waals surface area contributed by atoms with Crippen molar-refractivity contribution in [1.82, 2.24) is 9.55 Å². The summed E-state index contributed by atoms with van der Waals surface area (Å²) in [5.74, 6) is -0.513. The monoisotopic (exact) mass is 284 g/mol. The lowest BCUT2D eigenvalue weighted by Crippen LogP contribution is -2.20. The molecule has 0 amide bonds. The van der Waals surface area contributed by atoms with E-state index in [9.17, 15) is 9.59 Å². The molecule has 0 unspecified atom stereocenters. The lowest BCUT2D eigenvalue weighted by atomic mass is 10.00. The van der Waals surface area contributed by atoms with Gasteiger partial charge in [-0.25, -0.2) is 4.79 Å². The van der Waals surface area contributed by atoms with Crippen LogP contribution in [0.25, 0.3) is 11.1 Å². The van der Waals surface area contributed by atoms with E-state index in [1.807, 2.05) is 20.8 Å². The minimum atomic E-state index is -0.513. The molecular weight excluding hydrogens is 268 g/mol. The summed E-state index contributed by atoms with van der Waals surface area (Å²) in [7, 11) is 0. The van der Waals surface area contributed by atoms with Crippen LogP contribution < -0.4 is 11.3 Å². The van der Waals surface area contributed by atoms with Crippen molar-refractivity contribution < 1.29 is 4.42 Å². The summed E-state index contributed by atoms with van der Waals surface area (Å²) >= 11 is 0. The van der Waals surface area contributed by atoms with E-state index in [-0.39, 0.29) is 11.1 Å². The van der Waals surface area contributed by atoms with Gasteiger partial charge >= 0.3 is 5.76 Å². The van der Waals surface area contributed by atoms with Gasteiger partial charge in [0.25, 0.3) is 5.56 Å². The first-order valence-corrected chi connectivity index (χ1v) is 6.75. The summed E-state index contributed by atoms with van der Waals surface area (Å²) in [5.41, 5.74) is 4.68. The first kappa shape index (κ1) is 13.4. The molecule has 108 valence electrons. The highest BCUT2D eigenvalue weighted by atomic mass is 16.4. The highest BCUT2D eigenvalue weighted by Crippen LogP contribution is 2.18. The number of hydrogen-bond donors (Lipinski definition) is 1. The first-order valence-electron chi connectivity index (χ1n) is 6.75. The first-order chi connectivity index (χ1) is 9.97. The lowest BCUT2D eigenvalue weighted by Gasteiger charge is -2.11. The summed E-state index contributed by atoms with van der Waals surface area (Å²) in [4.78, 5) is 26.6. The standard InChI is InChI=1S/C16H16N2O3/c1-9-6-10(2)12(11(3)7-9)8-18-14-13(21-16(18)20)4-5-17-15(14)19/h4-7H,8H2,1-3H3,(H,17,19). The minimum absolute atomic E-state index is 0.280. The summed E-state index contributed by atoms with van der Waals surface area (Å²) in [6, 6.07) is 5.73. The van der Waals surface area contributed by atoms with Crippen molar-refractivity contribution >= 4 is 11.1 Å². The molecule has 0 aliphatic carbocycles. The topological polar surface area (TPSA) is 68.0 Å². The van der Waals surface area contributed by atoms with E-state index >= 15 is 0 Å². The van der Waals surface area contributed by atoms with Crippen molar-refractivity contribution in [2.75, 3.05) is 0 Å². The number of oxazole rings is 1. The molecule has 0 saturated heterocycles. The largest absolute Gasteiger partial charge is 0.420 e. The Hall–Kier alpha value is -2.56. The molecule has 2 aromatic heterocycles. The number of nitrogens with one attached hydrogen (secondary N) is 1. The number of aromatic amines is 1. The fraction of sp³-hybridized carbons (Fsp3) is 0.250. The highest BCUT2D eigenvalue weighted by Gasteiger charge is 2.14. The second-order valence-electron chi connectivity index (χ2n) is 5.35. The molecule has 2 heterocycles. The van der Waals surface area contributed by atoms with Crippen LogP contribution in [0.1, 0.15) is 22.3 Å². The van der Waals surface area contributed by atoms with Gasteiger partial charge in [-0.1, -0.05) is 17.7 Å². The number of nitrogens with zero attached hydrogens (tertiary/aromatic N) is 1. The molecule has 0 atom stereocenters. The SMILES string of the molecule is Cc1cc(C)c(Cn2c(=O)oc3cc[nH]c(=O)c32)c(C)c1. The fourth-order valence-corrected chi connectivity index (χ4v) is 2.79. The predicted octanol–water partition coefficient (Wildman–Crippen LogP) is 2.26. The van der Waals surface area contributed by atoms with Gasteiger partial charge in [0.05, 0.1) is 6.54 Å². The molecule has 0 bridgehead atoms. The van der Waals surface area contributed by atoms with Crippen molar-refractivity contribution in [2.45, 2.75) is 27.3 Å². The van der Waals surface area contributed by atoms with Crippen molar-refractivity contribution in [3.8, 4) is 0 Å². The molecule has 0 aliphatic rings. The lowest BCUT2D eigenvalue weighted by molar-refractivity contribution is 0.517. The van der Waals surface area contributed by atoms with Crippen LogP contribution in [-0.2, 0) is 6.54 Å². The third-order valence-corrected chi connectivity index (χ3v) is 3.74. The molecule has 0 aliphatic heterocycles. The maximum atomic E-state index is 12.0. The number of aryl methyl sites for hydroxylation is 3. The fourth-order valence-electron chi connectivity index (χ4n) is 2.79. The van der Waals surface area contributed by atoms with Gasteiger partial charge in [-0.3, -0.25) is 9.36 Å². The summed E-state index contributed by atoms with van der Waals surface area (Å²) < 4.78 is 6.53. The Morgan fingerprint density at radius 3 is 2.48 bits per heavy atom. The molecule has 0 fully saturated rings. The van der Waals surface area contributed by atoms with Crippen molar-refractivity contribution in [3.63, 3.8) is 0 Å². The molecule has 1 N–H and O–H groups in total. The van der Waals surface area contributed by atoms with Crippen LogP contribution >= 0.6 is 0 Å². The Morgan fingerprint density at radius 2 is 1.81 bits per heavy atom. The van der Waals surface area contributed by atoms with Gasteiger partial charge in [-0.2, -0.15) is 0 Å². The highest BCUT2D eigenvalue weighted by molar-refractivity contribution is 5.71. The minimum Gasteiger partial charge on any atom is -0.407 e. The zero-order valence-corrected chi connectivity index (χ0v) is 12.2. The van der Waals surface area contributed by atoms with Crippen LogP contribution in [0.3, 0.4) is 0 Å². The maximum Gasteiger partial charge on any atom is 0.420 e. The van der Waals surface area contributed by atoms with Crippen LogP contribution in [0.4, 0.5) is 0 Å². The van der Waals surface area contributed by atoms with Gasteiger partial charge in [-0.05, 0) is 43.5 Å². The Morgan fingerprint density at radius 1 is 1.14 bits per heavy atom. The van der Waals surface area contributed by atoms with Crippen molar-refractivity contribution in [2.24, 2.45) is 0 Å². The van der Waals surface area contributed by atoms with E-state index in [2.05, 4.69) is 17.1 Å². The molecule has 5 nitrogen and oxygen atoms in total. The molecule has 5 heteroatoms. The van der Waals surface area contributed by atoms with E-state index in [0.29, 0.717) is 12.1 Å². The van der Waals surface area contributed by atoms with Crippen molar-refractivity contribution in [3.05, 3.63) is 67.6 Å². The third kappa shape index (κ3) is 2.20. The van der Waals surface area contributed by atoms with Gasteiger partial charge < -0.3 is 9.40 Å². The normalized spacial score (nSPS) is 11.2. The summed E-state index contributed by atoms with van der Waals surface area (Å²) in [6.07, 6.45) is 1.47. The van der Waals surface area contributed by atoms with Crippen LogP contribution in [0.2, 0.25) is 0 Å². The smallest absolute Gasteiger partial charge is 0.407 e. The van der Waals surface area contributed by atoms with Gasteiger partial charge in [0.1, 0.15) is 0 Å². The number of H-pyrrole nitrogens is 1. The second kappa shape index (κ2) is 4.77. The quantitative estimate of drug-likeness (QED) is 0.784. The predicted molar refractivity (Wildman–Crippen MR) is 80.8 cm³/mol. The Labute approximate surface area is 120 Å². The maximum absolute atomic E-state index is 12.0. The Kier molecular flexibility index (Phi) is 3.05. The van der Waals surface area contributed by atoms with E-state index in [4.69, 9.17) is 4.42 Å². The average Bonchev–Trinajstić information content (AvgIpc) is 2.71. The summed E-state index contributed by atoms with van der Waals surface area (Å²) in [5, 5.41) is 0. The van der Waals surface area contributed by atoms with Gasteiger partial charge in [0, 0.05) is 6.20 Å². The molecule has 1 aromatic carbocycles. The van der Waals surface area contributed by atoms with Gasteiger partial charge in [-0.15, -0.1) is 0 Å². The van der Waals surface area contributed by atoms with E-state index in [1.165, 1.54) is 16.3 Å². The molecule has 3 rings (SSSR count).